The van der Waals surface area contributed by atoms with Gasteiger partial charge < -0.3 is 23.7 Å². The Morgan fingerprint density at radius 2 is 1.17 bits per heavy atom. The molecular weight excluding hydrogens is 324 g/mol. The summed E-state index contributed by atoms with van der Waals surface area (Å²) in [6.45, 7) is 4.44. The van der Waals surface area contributed by atoms with Crippen LogP contribution in [0.25, 0.3) is 0 Å². The number of carbonyl (C=O) groups excluding carboxylic acids is 4. The fourth-order valence-corrected chi connectivity index (χ4v) is 2.17. The molecule has 0 aliphatic carbocycles. The molecule has 0 spiro atoms. The van der Waals surface area contributed by atoms with Crippen molar-refractivity contribution in [2.24, 2.45) is 0 Å². The summed E-state index contributed by atoms with van der Waals surface area (Å²) in [5.74, 6) is -0.726. The van der Waals surface area contributed by atoms with E-state index in [0.717, 1.165) is 27.7 Å². The Kier molecular flexibility index (Phi) is 6.73. The van der Waals surface area contributed by atoms with Crippen molar-refractivity contribution >= 4 is 23.9 Å². The highest BCUT2D eigenvalue weighted by Gasteiger charge is 2.52. The van der Waals surface area contributed by atoms with Gasteiger partial charge in [0.05, 0.1) is 0 Å². The van der Waals surface area contributed by atoms with Crippen LogP contribution >= 0.6 is 0 Å². The average molecular weight is 342 g/mol. The van der Waals surface area contributed by atoms with E-state index in [-0.39, 0.29) is 0 Å². The number of terminal acetylenes is 1. The fraction of sp³-hybridized carbons (Fsp3) is 0.600. The molecule has 132 valence electrons. The number of carbonyl (C=O) groups is 4. The Morgan fingerprint density at radius 3 is 1.58 bits per heavy atom. The van der Waals surface area contributed by atoms with Gasteiger partial charge in [0.25, 0.3) is 0 Å². The summed E-state index contributed by atoms with van der Waals surface area (Å²) in [6.07, 6.45) is -1.18. The molecule has 5 atom stereocenters. The molecule has 1 aliphatic rings. The van der Waals surface area contributed by atoms with Crippen LogP contribution in [0.3, 0.4) is 0 Å². The molecule has 0 aromatic carbocycles. The first kappa shape index (κ1) is 19.4. The third-order valence-corrected chi connectivity index (χ3v) is 2.85. The Labute approximate surface area is 138 Å². The first-order valence-corrected chi connectivity index (χ1v) is 6.96. The average Bonchev–Trinajstić information content (AvgIpc) is 2.42. The molecule has 0 radical (unpaired) electrons. The maximum Gasteiger partial charge on any atom is 0.305 e. The molecule has 1 heterocycles. The van der Waals surface area contributed by atoms with Gasteiger partial charge in [-0.15, -0.1) is 6.42 Å². The zero-order valence-electron chi connectivity index (χ0n) is 13.6. The Morgan fingerprint density at radius 1 is 0.750 bits per heavy atom. The Hall–Kier alpha value is -2.60. The molecule has 2 unspecified atom stereocenters. The second-order valence-electron chi connectivity index (χ2n) is 4.92. The van der Waals surface area contributed by atoms with E-state index in [4.69, 9.17) is 30.1 Å². The smallest absolute Gasteiger partial charge is 0.305 e. The zero-order chi connectivity index (χ0) is 18.4. The molecule has 0 bridgehead atoms. The van der Waals surface area contributed by atoms with Crippen LogP contribution in [0.1, 0.15) is 27.7 Å². The first-order chi connectivity index (χ1) is 11.1. The number of rotatable bonds is 4. The summed E-state index contributed by atoms with van der Waals surface area (Å²) >= 11 is 0. The minimum Gasteiger partial charge on any atom is -0.455 e. The highest BCUT2D eigenvalue weighted by atomic mass is 16.7. The largest absolute Gasteiger partial charge is 0.455 e. The number of hydrogen-bond donors (Lipinski definition) is 0. The third-order valence-electron chi connectivity index (χ3n) is 2.85. The van der Waals surface area contributed by atoms with Crippen LogP contribution < -0.4 is 0 Å². The Bertz CT molecular complexity index is 562. The summed E-state index contributed by atoms with van der Waals surface area (Å²) in [6, 6.07) is 0. The molecule has 0 amide bonds. The van der Waals surface area contributed by atoms with Crippen LogP contribution in [0.2, 0.25) is 0 Å². The lowest BCUT2D eigenvalue weighted by atomic mass is 9.98. The van der Waals surface area contributed by atoms with Gasteiger partial charge in [0.1, 0.15) is 0 Å². The van der Waals surface area contributed by atoms with E-state index >= 15 is 0 Å². The van der Waals surface area contributed by atoms with Crippen molar-refractivity contribution in [3.63, 3.8) is 0 Å². The number of hydrogen-bond acceptors (Lipinski definition) is 9. The maximum atomic E-state index is 11.4. The maximum absolute atomic E-state index is 11.4. The van der Waals surface area contributed by atoms with E-state index in [1.54, 1.807) is 0 Å². The van der Waals surface area contributed by atoms with E-state index in [1.165, 1.54) is 0 Å². The van der Waals surface area contributed by atoms with Crippen LogP contribution in [0.5, 0.6) is 0 Å². The molecule has 0 saturated carbocycles. The van der Waals surface area contributed by atoms with Gasteiger partial charge in [0.15, 0.2) is 18.3 Å². The van der Waals surface area contributed by atoms with Crippen molar-refractivity contribution in [2.45, 2.75) is 58.4 Å². The quantitative estimate of drug-likeness (QED) is 0.386. The van der Waals surface area contributed by atoms with Gasteiger partial charge in [0.2, 0.25) is 12.4 Å². The van der Waals surface area contributed by atoms with Crippen LogP contribution in [0.4, 0.5) is 0 Å². The van der Waals surface area contributed by atoms with Crippen LogP contribution in [-0.4, -0.2) is 54.6 Å². The predicted molar refractivity (Wildman–Crippen MR) is 75.9 cm³/mol. The van der Waals surface area contributed by atoms with Crippen molar-refractivity contribution in [1.82, 2.24) is 0 Å². The van der Waals surface area contributed by atoms with E-state index in [0.29, 0.717) is 0 Å². The summed E-state index contributed by atoms with van der Waals surface area (Å²) in [5, 5.41) is 0. The molecule has 0 N–H and O–H groups in total. The molecule has 0 aromatic rings. The van der Waals surface area contributed by atoms with Crippen LogP contribution in [0.15, 0.2) is 0 Å². The summed E-state index contributed by atoms with van der Waals surface area (Å²) in [4.78, 5) is 45.3. The SMILES string of the molecule is C#C[C@@H]1OC(OC(C)=O)[C@@H](OC(C)=O)[C@@H](OC(C)=O)C1OC(C)=O. The van der Waals surface area contributed by atoms with Gasteiger partial charge in [-0.05, 0) is 0 Å². The molecule has 24 heavy (non-hydrogen) atoms. The second-order valence-corrected chi connectivity index (χ2v) is 4.92. The number of esters is 4. The first-order valence-electron chi connectivity index (χ1n) is 6.96. The monoisotopic (exact) mass is 342 g/mol. The molecule has 9 nitrogen and oxygen atoms in total. The predicted octanol–water partition coefficient (Wildman–Crippen LogP) is -0.297. The summed E-state index contributed by atoms with van der Waals surface area (Å²) < 4.78 is 25.5. The minimum atomic E-state index is -1.43. The third kappa shape index (κ3) is 5.24. The highest BCUT2D eigenvalue weighted by Crippen LogP contribution is 2.29. The fourth-order valence-electron chi connectivity index (χ4n) is 2.17. The van der Waals surface area contributed by atoms with Gasteiger partial charge >= 0.3 is 23.9 Å². The van der Waals surface area contributed by atoms with Crippen molar-refractivity contribution < 1.29 is 42.9 Å². The topological polar surface area (TPSA) is 114 Å². The summed E-state index contributed by atoms with van der Waals surface area (Å²) in [5.41, 5.74) is 0. The Balaban J connectivity index is 3.26. The van der Waals surface area contributed by atoms with Crippen molar-refractivity contribution in [1.29, 1.82) is 0 Å². The van der Waals surface area contributed by atoms with E-state index in [9.17, 15) is 19.2 Å². The van der Waals surface area contributed by atoms with E-state index in [2.05, 4.69) is 5.92 Å². The van der Waals surface area contributed by atoms with Gasteiger partial charge in [-0.25, -0.2) is 0 Å². The highest BCUT2D eigenvalue weighted by molar-refractivity contribution is 5.69. The van der Waals surface area contributed by atoms with Gasteiger partial charge in [-0.1, -0.05) is 5.92 Å². The van der Waals surface area contributed by atoms with Crippen LogP contribution in [0, 0.1) is 12.3 Å². The normalized spacial score (nSPS) is 28.9. The molecule has 1 rings (SSSR count). The van der Waals surface area contributed by atoms with E-state index < -0.39 is 54.6 Å². The lowest BCUT2D eigenvalue weighted by molar-refractivity contribution is -0.286. The minimum absolute atomic E-state index is 0.714. The van der Waals surface area contributed by atoms with Gasteiger partial charge in [0, 0.05) is 27.7 Å². The van der Waals surface area contributed by atoms with E-state index in [1.807, 2.05) is 0 Å². The molecule has 1 fully saturated rings. The lowest BCUT2D eigenvalue weighted by Gasteiger charge is -2.42. The van der Waals surface area contributed by atoms with Crippen molar-refractivity contribution in [2.75, 3.05) is 0 Å². The number of ether oxygens (including phenoxy) is 5. The van der Waals surface area contributed by atoms with Gasteiger partial charge in [-0.3, -0.25) is 19.2 Å². The van der Waals surface area contributed by atoms with Gasteiger partial charge in [-0.2, -0.15) is 0 Å². The molecule has 9 heteroatoms. The zero-order valence-corrected chi connectivity index (χ0v) is 13.6. The molecular formula is C15H18O9. The molecule has 0 aromatic heterocycles. The van der Waals surface area contributed by atoms with Crippen LogP contribution in [-0.2, 0) is 42.9 Å². The van der Waals surface area contributed by atoms with Crippen molar-refractivity contribution in [3.8, 4) is 12.3 Å². The standard InChI is InChI=1S/C15H18O9/c1-6-11-12(20-7(2)16)13(21-8(3)17)14(22-9(4)18)15(24-11)23-10(5)19/h1,11-15H,2-5H3/t11-,12?,13-,14-,15?/m0/s1. The molecule has 1 saturated heterocycles. The summed E-state index contributed by atoms with van der Waals surface area (Å²) in [7, 11) is 0. The molecule has 1 aliphatic heterocycles. The second kappa shape index (κ2) is 8.31. The lowest BCUT2D eigenvalue weighted by Crippen LogP contribution is -2.61. The van der Waals surface area contributed by atoms with Crippen molar-refractivity contribution in [3.05, 3.63) is 0 Å².